The minimum absolute atomic E-state index is 0.252. The molecule has 2 nitrogen and oxygen atoms in total. The van der Waals surface area contributed by atoms with Gasteiger partial charge in [0.25, 0.3) is 0 Å². The van der Waals surface area contributed by atoms with Crippen molar-refractivity contribution in [2.24, 2.45) is 5.41 Å². The van der Waals surface area contributed by atoms with E-state index >= 15 is 0 Å². The standard InChI is InChI=1S/C14H17Cl2NO/c1-14(2,10-17)7-3-4-8-18-13-6-5-11(15)9-12(13)16/h5-6,9H,3-4,7-8H2,1-2H3. The second-order valence-electron chi connectivity index (χ2n) is 4.88. The van der Waals surface area contributed by atoms with Crippen LogP contribution in [-0.2, 0) is 0 Å². The van der Waals surface area contributed by atoms with E-state index in [2.05, 4.69) is 6.07 Å². The third kappa shape index (κ3) is 5.16. The summed E-state index contributed by atoms with van der Waals surface area (Å²) in [6.45, 7) is 4.50. The van der Waals surface area contributed by atoms with Gasteiger partial charge < -0.3 is 4.74 Å². The molecule has 0 unspecified atom stereocenters. The number of unbranched alkanes of at least 4 members (excludes halogenated alkanes) is 1. The van der Waals surface area contributed by atoms with Crippen molar-refractivity contribution in [3.63, 3.8) is 0 Å². The summed E-state index contributed by atoms with van der Waals surface area (Å²) >= 11 is 11.8. The highest BCUT2D eigenvalue weighted by Gasteiger charge is 2.15. The first-order valence-electron chi connectivity index (χ1n) is 5.94. The van der Waals surface area contributed by atoms with Crippen molar-refractivity contribution in [3.05, 3.63) is 28.2 Å². The molecule has 0 N–H and O–H groups in total. The number of halogens is 2. The average molecular weight is 286 g/mol. The van der Waals surface area contributed by atoms with Gasteiger partial charge in [-0.05, 0) is 51.3 Å². The molecule has 0 saturated carbocycles. The van der Waals surface area contributed by atoms with Crippen LogP contribution in [0.1, 0.15) is 33.1 Å². The SMILES string of the molecule is CC(C)(C#N)CCCCOc1ccc(Cl)cc1Cl. The Labute approximate surface area is 118 Å². The lowest BCUT2D eigenvalue weighted by Crippen LogP contribution is -2.08. The first-order valence-corrected chi connectivity index (χ1v) is 6.69. The van der Waals surface area contributed by atoms with Crippen molar-refractivity contribution in [3.8, 4) is 11.8 Å². The quantitative estimate of drug-likeness (QED) is 0.682. The predicted octanol–water partition coefficient (Wildman–Crippen LogP) is 5.09. The van der Waals surface area contributed by atoms with E-state index in [1.165, 1.54) is 0 Å². The van der Waals surface area contributed by atoms with Gasteiger partial charge in [-0.25, -0.2) is 0 Å². The Morgan fingerprint density at radius 2 is 2.00 bits per heavy atom. The summed E-state index contributed by atoms with van der Waals surface area (Å²) in [4.78, 5) is 0. The number of rotatable bonds is 6. The fourth-order valence-electron chi connectivity index (χ4n) is 1.50. The molecule has 1 aromatic carbocycles. The van der Waals surface area contributed by atoms with Gasteiger partial charge >= 0.3 is 0 Å². The molecule has 0 aromatic heterocycles. The van der Waals surface area contributed by atoms with E-state index < -0.39 is 0 Å². The lowest BCUT2D eigenvalue weighted by atomic mass is 9.89. The molecule has 0 atom stereocenters. The van der Waals surface area contributed by atoms with Gasteiger partial charge in [0.2, 0.25) is 0 Å². The normalized spacial score (nSPS) is 11.1. The molecule has 18 heavy (non-hydrogen) atoms. The van der Waals surface area contributed by atoms with E-state index in [1.807, 2.05) is 13.8 Å². The van der Waals surface area contributed by atoms with E-state index in [4.69, 9.17) is 33.2 Å². The van der Waals surface area contributed by atoms with Gasteiger partial charge in [0.05, 0.1) is 23.1 Å². The van der Waals surface area contributed by atoms with E-state index in [-0.39, 0.29) is 5.41 Å². The highest BCUT2D eigenvalue weighted by molar-refractivity contribution is 6.35. The highest BCUT2D eigenvalue weighted by atomic mass is 35.5. The summed E-state index contributed by atoms with van der Waals surface area (Å²) < 4.78 is 5.57. The van der Waals surface area contributed by atoms with Gasteiger partial charge in [0.15, 0.2) is 0 Å². The number of hydrogen-bond acceptors (Lipinski definition) is 2. The van der Waals surface area contributed by atoms with Gasteiger partial charge in [-0.2, -0.15) is 5.26 Å². The Balaban J connectivity index is 2.29. The van der Waals surface area contributed by atoms with Crippen LogP contribution in [0, 0.1) is 16.7 Å². The largest absolute Gasteiger partial charge is 0.492 e. The summed E-state index contributed by atoms with van der Waals surface area (Å²) in [6, 6.07) is 7.47. The predicted molar refractivity (Wildman–Crippen MR) is 75.2 cm³/mol. The summed E-state index contributed by atoms with van der Waals surface area (Å²) in [5.74, 6) is 0.653. The summed E-state index contributed by atoms with van der Waals surface area (Å²) in [5, 5.41) is 10.0. The second kappa shape index (κ2) is 6.87. The summed E-state index contributed by atoms with van der Waals surface area (Å²) in [7, 11) is 0. The molecule has 0 radical (unpaired) electrons. The molecule has 1 rings (SSSR count). The highest BCUT2D eigenvalue weighted by Crippen LogP contribution is 2.28. The Hall–Kier alpha value is -0.910. The molecule has 98 valence electrons. The molecule has 0 bridgehead atoms. The minimum Gasteiger partial charge on any atom is -0.492 e. The van der Waals surface area contributed by atoms with Crippen LogP contribution in [0.2, 0.25) is 10.0 Å². The van der Waals surface area contributed by atoms with Crippen molar-refractivity contribution < 1.29 is 4.74 Å². The average Bonchev–Trinajstić information content (AvgIpc) is 2.31. The summed E-state index contributed by atoms with van der Waals surface area (Å²) in [6.07, 6.45) is 2.75. The number of nitrogens with zero attached hydrogens (tertiary/aromatic N) is 1. The van der Waals surface area contributed by atoms with Gasteiger partial charge in [0, 0.05) is 5.02 Å². The Kier molecular flexibility index (Phi) is 5.78. The first-order chi connectivity index (χ1) is 8.44. The fourth-order valence-corrected chi connectivity index (χ4v) is 1.96. The third-order valence-corrected chi connectivity index (χ3v) is 3.18. The maximum absolute atomic E-state index is 8.88. The van der Waals surface area contributed by atoms with Gasteiger partial charge in [0.1, 0.15) is 5.75 Å². The zero-order valence-corrected chi connectivity index (χ0v) is 12.2. The van der Waals surface area contributed by atoms with E-state index in [9.17, 15) is 0 Å². The van der Waals surface area contributed by atoms with Crippen molar-refractivity contribution >= 4 is 23.2 Å². The Bertz CT molecular complexity index is 438. The maximum atomic E-state index is 8.88. The number of ether oxygens (including phenoxy) is 1. The molecule has 0 amide bonds. The molecular formula is C14H17Cl2NO. The minimum atomic E-state index is -0.252. The molecule has 1 aromatic rings. The summed E-state index contributed by atoms with van der Waals surface area (Å²) in [5.41, 5.74) is -0.252. The lowest BCUT2D eigenvalue weighted by Gasteiger charge is -2.14. The Morgan fingerprint density at radius 3 is 2.61 bits per heavy atom. The van der Waals surface area contributed by atoms with Crippen molar-refractivity contribution in [2.45, 2.75) is 33.1 Å². The van der Waals surface area contributed by atoms with Crippen molar-refractivity contribution in [1.82, 2.24) is 0 Å². The Morgan fingerprint density at radius 1 is 1.28 bits per heavy atom. The van der Waals surface area contributed by atoms with E-state index in [0.29, 0.717) is 22.4 Å². The zero-order chi connectivity index (χ0) is 13.6. The van der Waals surface area contributed by atoms with E-state index in [1.54, 1.807) is 18.2 Å². The topological polar surface area (TPSA) is 33.0 Å². The number of hydrogen-bond donors (Lipinski definition) is 0. The molecule has 0 aliphatic carbocycles. The molecule has 0 saturated heterocycles. The van der Waals surface area contributed by atoms with Crippen LogP contribution in [0.5, 0.6) is 5.75 Å². The number of nitriles is 1. The van der Waals surface area contributed by atoms with E-state index in [0.717, 1.165) is 19.3 Å². The molecule has 0 aliphatic rings. The molecule has 0 fully saturated rings. The smallest absolute Gasteiger partial charge is 0.137 e. The van der Waals surface area contributed by atoms with Gasteiger partial charge in [-0.15, -0.1) is 0 Å². The number of benzene rings is 1. The van der Waals surface area contributed by atoms with Crippen LogP contribution in [0.25, 0.3) is 0 Å². The van der Waals surface area contributed by atoms with Crippen LogP contribution >= 0.6 is 23.2 Å². The third-order valence-electron chi connectivity index (χ3n) is 2.65. The van der Waals surface area contributed by atoms with Crippen LogP contribution in [0.15, 0.2) is 18.2 Å². The maximum Gasteiger partial charge on any atom is 0.137 e. The molecule has 0 spiro atoms. The van der Waals surface area contributed by atoms with Crippen LogP contribution in [0.3, 0.4) is 0 Å². The van der Waals surface area contributed by atoms with Gasteiger partial charge in [-0.3, -0.25) is 0 Å². The molecule has 4 heteroatoms. The van der Waals surface area contributed by atoms with Gasteiger partial charge in [-0.1, -0.05) is 23.2 Å². The second-order valence-corrected chi connectivity index (χ2v) is 5.72. The van der Waals surface area contributed by atoms with Crippen LogP contribution < -0.4 is 4.74 Å². The van der Waals surface area contributed by atoms with Crippen molar-refractivity contribution in [1.29, 1.82) is 5.26 Å². The molecular weight excluding hydrogens is 269 g/mol. The van der Waals surface area contributed by atoms with Crippen LogP contribution in [-0.4, -0.2) is 6.61 Å². The zero-order valence-electron chi connectivity index (χ0n) is 10.7. The van der Waals surface area contributed by atoms with Crippen LogP contribution in [0.4, 0.5) is 0 Å². The lowest BCUT2D eigenvalue weighted by molar-refractivity contribution is 0.295. The van der Waals surface area contributed by atoms with Crippen molar-refractivity contribution in [2.75, 3.05) is 6.61 Å². The fraction of sp³-hybridized carbons (Fsp3) is 0.500. The molecule has 0 aliphatic heterocycles. The first kappa shape index (κ1) is 15.1. The molecule has 0 heterocycles. The monoisotopic (exact) mass is 285 g/mol.